The molecule has 436 valence electrons. The maximum Gasteiger partial charge on any atom is 2.00 e. The molecule has 0 aromatic heterocycles. The third-order valence-corrected chi connectivity index (χ3v) is 14.6. The zero-order valence-corrected chi connectivity index (χ0v) is 51.9. The van der Waals surface area contributed by atoms with Crippen LogP contribution in [0.1, 0.15) is 301 Å². The van der Waals surface area contributed by atoms with Gasteiger partial charge in [-0.1, -0.05) is 249 Å². The van der Waals surface area contributed by atoms with E-state index in [9.17, 15) is 10.2 Å². The van der Waals surface area contributed by atoms with Gasteiger partial charge in [-0.3, -0.25) is 4.99 Å². The standard InChI is InChI=1S/C58H90N2.C15H24O2.Ni/c1-5-9-13-17-20-21-22-23-24-25-26-27-28-29-30-31-32-33-36-40-52-58(60-56-50-44-42-48-54(56)46-38-35-19-15-11-7-3)57(51-39-16-12-8-4)59-55-49-43-41-47-53(55)45-37-34-18-14-10-6-2;1-3-5-7-8-12-10-13(9-6-4-2)15(17)14(16)11-12;/h40-44,47-50,52H,5-13,16-17,20-39,45-46,51H2,1-4H3;10-11,16-17H,3-9H2,1-2H3;/q;;+2/p-2/b52-40+,59-57+,60-58+;;. The predicted molar refractivity (Wildman–Crippen MR) is 337 cm³/mol. The summed E-state index contributed by atoms with van der Waals surface area (Å²) in [7, 11) is 0. The van der Waals surface area contributed by atoms with E-state index in [-0.39, 0.29) is 28.0 Å². The summed E-state index contributed by atoms with van der Waals surface area (Å²) in [5.41, 5.74) is 8.69. The number of hydrogen-bond donors (Lipinski definition) is 0. The van der Waals surface area contributed by atoms with Gasteiger partial charge in [-0.25, -0.2) is 4.99 Å². The molecule has 0 radical (unpaired) electrons. The van der Waals surface area contributed by atoms with E-state index in [1.54, 1.807) is 0 Å². The van der Waals surface area contributed by atoms with E-state index in [2.05, 4.69) is 126 Å². The third kappa shape index (κ3) is 37.0. The summed E-state index contributed by atoms with van der Waals surface area (Å²) in [6.45, 7) is 13.2. The number of hydrogen-bond acceptors (Lipinski definition) is 4. The molecule has 3 aromatic carbocycles. The summed E-state index contributed by atoms with van der Waals surface area (Å²) in [4.78, 5) is 11.0. The normalized spacial score (nSPS) is 11.4. The minimum Gasteiger partial charge on any atom is -0.873 e. The Bertz CT molecular complexity index is 2130. The number of aryl methyl sites for hydroxylation is 4. The number of rotatable bonds is 43. The van der Waals surface area contributed by atoms with Crippen LogP contribution in [0.5, 0.6) is 11.5 Å². The summed E-state index contributed by atoms with van der Waals surface area (Å²) >= 11 is 0. The van der Waals surface area contributed by atoms with Gasteiger partial charge in [0.2, 0.25) is 0 Å². The molecule has 0 N–H and O–H groups in total. The second-order valence-electron chi connectivity index (χ2n) is 21.9. The molecule has 0 aliphatic carbocycles. The van der Waals surface area contributed by atoms with Gasteiger partial charge in [-0.2, -0.15) is 0 Å². The molecule has 78 heavy (non-hydrogen) atoms. The van der Waals surface area contributed by atoms with E-state index < -0.39 is 0 Å². The van der Waals surface area contributed by atoms with Gasteiger partial charge >= 0.3 is 16.5 Å². The zero-order chi connectivity index (χ0) is 55.5. The monoisotopic (exact) mass is 1110 g/mol. The first kappa shape index (κ1) is 72.0. The fourth-order valence-electron chi connectivity index (χ4n) is 9.79. The van der Waals surface area contributed by atoms with Crippen molar-refractivity contribution in [3.05, 3.63) is 95.1 Å². The Morgan fingerprint density at radius 2 is 0.833 bits per heavy atom. The zero-order valence-electron chi connectivity index (χ0n) is 50.9. The van der Waals surface area contributed by atoms with Crippen LogP contribution in [-0.4, -0.2) is 11.4 Å². The summed E-state index contributed by atoms with van der Waals surface area (Å²) in [6.07, 6.45) is 54.3. The smallest absolute Gasteiger partial charge is 0.873 e. The van der Waals surface area contributed by atoms with Gasteiger partial charge in [0, 0.05) is 25.7 Å². The first-order valence-corrected chi connectivity index (χ1v) is 32.3. The molecule has 3 rings (SSSR count). The van der Waals surface area contributed by atoms with Crippen molar-refractivity contribution >= 4 is 22.8 Å². The average molecular weight is 1110 g/mol. The Morgan fingerprint density at radius 3 is 1.33 bits per heavy atom. The van der Waals surface area contributed by atoms with E-state index in [1.807, 2.05) is 6.07 Å². The molecule has 0 bridgehead atoms. The molecular formula is C73H112N2NiO2. The van der Waals surface area contributed by atoms with Crippen molar-refractivity contribution in [3.8, 4) is 35.2 Å². The van der Waals surface area contributed by atoms with Crippen LogP contribution >= 0.6 is 0 Å². The second kappa shape index (κ2) is 52.3. The molecule has 5 heteroatoms. The summed E-state index contributed by atoms with van der Waals surface area (Å²) in [5.74, 6) is 12.8. The Morgan fingerprint density at radius 1 is 0.410 bits per heavy atom. The first-order chi connectivity index (χ1) is 37.9. The van der Waals surface area contributed by atoms with E-state index >= 15 is 0 Å². The molecule has 0 saturated carbocycles. The largest absolute Gasteiger partial charge is 2.00 e. The Hall–Kier alpha value is -4.05. The topological polar surface area (TPSA) is 70.8 Å². The number of unbranched alkanes of at least 4 members (excludes halogenated alkanes) is 28. The van der Waals surface area contributed by atoms with Crippen LogP contribution in [0, 0.1) is 23.7 Å². The average Bonchev–Trinajstić information content (AvgIpc) is 3.45. The number of benzene rings is 3. The van der Waals surface area contributed by atoms with Crippen molar-refractivity contribution in [1.29, 1.82) is 0 Å². The van der Waals surface area contributed by atoms with E-state index in [0.29, 0.717) is 5.56 Å². The molecule has 0 aliphatic heterocycles. The molecule has 0 amide bonds. The fourth-order valence-corrected chi connectivity index (χ4v) is 9.79. The number of allylic oxidation sites excluding steroid dienone is 2. The first-order valence-electron chi connectivity index (χ1n) is 32.3. The van der Waals surface area contributed by atoms with Gasteiger partial charge in [-0.15, -0.1) is 35.2 Å². The van der Waals surface area contributed by atoms with E-state index in [4.69, 9.17) is 9.98 Å². The maximum absolute atomic E-state index is 11.6. The minimum atomic E-state index is -0.329. The third-order valence-electron chi connectivity index (χ3n) is 14.6. The molecule has 0 heterocycles. The summed E-state index contributed by atoms with van der Waals surface area (Å²) < 4.78 is 0. The van der Waals surface area contributed by atoms with Crippen molar-refractivity contribution < 1.29 is 26.7 Å². The van der Waals surface area contributed by atoms with Crippen molar-refractivity contribution in [2.75, 3.05) is 0 Å². The number of aliphatic imine (C=N–C) groups is 2. The van der Waals surface area contributed by atoms with Gasteiger partial charge in [0.25, 0.3) is 0 Å². The van der Waals surface area contributed by atoms with Crippen LogP contribution < -0.4 is 10.2 Å². The molecule has 0 unspecified atom stereocenters. The van der Waals surface area contributed by atoms with Gasteiger partial charge in [0.15, 0.2) is 0 Å². The van der Waals surface area contributed by atoms with Gasteiger partial charge in [0.05, 0.1) is 22.8 Å². The van der Waals surface area contributed by atoms with Crippen LogP contribution in [0.25, 0.3) is 0 Å². The molecule has 0 aliphatic rings. The van der Waals surface area contributed by atoms with Crippen LogP contribution in [-0.2, 0) is 42.2 Å². The molecular weight excluding hydrogens is 996 g/mol. The van der Waals surface area contributed by atoms with E-state index in [0.717, 1.165) is 144 Å². The SMILES string of the molecule is CCCC#CCCCc1ccccc1/N=C(\C=C\CCCCCCCCCCCCCCCCCCCC)C(/CCCCCC)=N/c1ccccc1CCCC#CCCC.CCCCCc1cc([O-])c([O-])c(CCCC)c1.[Ni+2]. The number of nitrogens with zero attached hydrogens (tertiary/aromatic N) is 2. The summed E-state index contributed by atoms with van der Waals surface area (Å²) in [6, 6.07) is 21.0. The van der Waals surface area contributed by atoms with Crippen LogP contribution in [0.4, 0.5) is 11.4 Å². The maximum atomic E-state index is 11.6. The van der Waals surface area contributed by atoms with Gasteiger partial charge in [-0.05, 0) is 125 Å². The Balaban J connectivity index is 0.00000143. The predicted octanol–water partition coefficient (Wildman–Crippen LogP) is 21.6. The van der Waals surface area contributed by atoms with Crippen LogP contribution in [0.3, 0.4) is 0 Å². The van der Waals surface area contributed by atoms with Crippen LogP contribution in [0.15, 0.2) is 82.8 Å². The fraction of sp³-hybridized carbons (Fsp3) is 0.644. The molecule has 4 nitrogen and oxygen atoms in total. The minimum absolute atomic E-state index is 0. The van der Waals surface area contributed by atoms with Crippen molar-refractivity contribution in [2.24, 2.45) is 9.98 Å². The van der Waals surface area contributed by atoms with Crippen molar-refractivity contribution in [2.45, 2.75) is 305 Å². The van der Waals surface area contributed by atoms with Gasteiger partial charge in [0.1, 0.15) is 0 Å². The Kier molecular flexibility index (Phi) is 48.3. The molecule has 0 fully saturated rings. The Labute approximate surface area is 491 Å². The van der Waals surface area contributed by atoms with Crippen molar-refractivity contribution in [1.82, 2.24) is 0 Å². The molecule has 0 atom stereocenters. The van der Waals surface area contributed by atoms with Crippen molar-refractivity contribution in [3.63, 3.8) is 0 Å². The second-order valence-corrected chi connectivity index (χ2v) is 21.9. The van der Waals surface area contributed by atoms with Crippen LogP contribution in [0.2, 0.25) is 0 Å². The summed E-state index contributed by atoms with van der Waals surface area (Å²) in [5, 5.41) is 23.2. The number of para-hydroxylation sites is 2. The van der Waals surface area contributed by atoms with Gasteiger partial charge < -0.3 is 10.2 Å². The molecule has 0 spiro atoms. The molecule has 0 saturated heterocycles. The quantitative estimate of drug-likeness (QED) is 0.0245. The molecule has 3 aromatic rings. The van der Waals surface area contributed by atoms with E-state index in [1.165, 1.54) is 165 Å².